The SMILES string of the molecule is O=C(O)C1C2CCC(CC2)C1Cc1cc(-c2ccoc2)nc(-c2c[nH]c3ncncc23)n1. The number of H-pyrrole nitrogens is 1. The van der Waals surface area contributed by atoms with Gasteiger partial charge < -0.3 is 14.5 Å². The Morgan fingerprint density at radius 3 is 2.81 bits per heavy atom. The van der Waals surface area contributed by atoms with Crippen molar-refractivity contribution in [2.75, 3.05) is 0 Å². The summed E-state index contributed by atoms with van der Waals surface area (Å²) in [7, 11) is 0. The van der Waals surface area contributed by atoms with Gasteiger partial charge in [-0.15, -0.1) is 0 Å². The van der Waals surface area contributed by atoms with Gasteiger partial charge in [0.25, 0.3) is 0 Å². The number of carboxylic acids is 1. The van der Waals surface area contributed by atoms with Crippen molar-refractivity contribution in [1.29, 1.82) is 0 Å². The summed E-state index contributed by atoms with van der Waals surface area (Å²) in [5.74, 6) is 0.447. The van der Waals surface area contributed by atoms with Gasteiger partial charge in [0.1, 0.15) is 12.0 Å². The van der Waals surface area contributed by atoms with Crippen molar-refractivity contribution in [3.05, 3.63) is 49.1 Å². The molecule has 3 fully saturated rings. The van der Waals surface area contributed by atoms with Crippen molar-refractivity contribution in [1.82, 2.24) is 24.9 Å². The average Bonchev–Trinajstić information content (AvgIpc) is 3.50. The summed E-state index contributed by atoms with van der Waals surface area (Å²) < 4.78 is 5.28. The molecule has 0 amide bonds. The van der Waals surface area contributed by atoms with Gasteiger partial charge in [0, 0.05) is 34.6 Å². The second-order valence-electron chi connectivity index (χ2n) is 8.97. The number of carbonyl (C=O) groups is 1. The fraction of sp³-hybridized carbons (Fsp3) is 0.375. The third kappa shape index (κ3) is 3.18. The third-order valence-corrected chi connectivity index (χ3v) is 7.31. The average molecular weight is 429 g/mol. The van der Waals surface area contributed by atoms with Gasteiger partial charge in [-0.25, -0.2) is 19.9 Å². The van der Waals surface area contributed by atoms with E-state index in [1.807, 2.05) is 18.3 Å². The summed E-state index contributed by atoms with van der Waals surface area (Å²) >= 11 is 0. The number of hydrogen-bond donors (Lipinski definition) is 2. The summed E-state index contributed by atoms with van der Waals surface area (Å²) in [6, 6.07) is 3.84. The maximum absolute atomic E-state index is 12.1. The minimum absolute atomic E-state index is 0.103. The lowest BCUT2D eigenvalue weighted by molar-refractivity contribution is -0.152. The lowest BCUT2D eigenvalue weighted by Gasteiger charge is -2.46. The summed E-state index contributed by atoms with van der Waals surface area (Å²) in [5.41, 5.74) is 4.04. The standard InChI is InChI=1S/C24H23N5O3/c30-24(31)21-14-3-1-13(2-4-14)17(21)7-16-8-20(15-5-6-32-11-15)29-23(28-16)19-10-26-22-18(19)9-25-12-27-22/h5-6,8-14,17,21H,1-4,7H2,(H,30,31)(H,25,26,27). The molecule has 32 heavy (non-hydrogen) atoms. The molecular weight excluding hydrogens is 406 g/mol. The molecule has 4 aromatic heterocycles. The summed E-state index contributed by atoms with van der Waals surface area (Å²) in [6.07, 6.45) is 13.3. The fourth-order valence-electron chi connectivity index (χ4n) is 5.82. The molecule has 8 nitrogen and oxygen atoms in total. The van der Waals surface area contributed by atoms with E-state index >= 15 is 0 Å². The minimum atomic E-state index is -0.664. The normalized spacial score (nSPS) is 24.8. The van der Waals surface area contributed by atoms with Crippen LogP contribution in [-0.2, 0) is 11.2 Å². The Morgan fingerprint density at radius 1 is 1.19 bits per heavy atom. The Bertz CT molecular complexity index is 1270. The summed E-state index contributed by atoms with van der Waals surface area (Å²) in [6.45, 7) is 0. The maximum atomic E-state index is 12.1. The van der Waals surface area contributed by atoms with Crippen LogP contribution in [0.25, 0.3) is 33.7 Å². The molecule has 0 saturated heterocycles. The Balaban J connectivity index is 1.44. The molecule has 4 aromatic rings. The number of nitrogens with one attached hydrogen (secondary N) is 1. The van der Waals surface area contributed by atoms with Gasteiger partial charge in [-0.05, 0) is 62.0 Å². The molecule has 2 atom stereocenters. The highest BCUT2D eigenvalue weighted by molar-refractivity contribution is 5.91. The van der Waals surface area contributed by atoms with E-state index in [4.69, 9.17) is 14.4 Å². The number of carboxylic acid groups (broad SMARTS) is 1. The van der Waals surface area contributed by atoms with Crippen molar-refractivity contribution in [2.24, 2.45) is 23.7 Å². The van der Waals surface area contributed by atoms with Crippen LogP contribution in [0.3, 0.4) is 0 Å². The molecule has 3 saturated carbocycles. The van der Waals surface area contributed by atoms with E-state index in [-0.39, 0.29) is 17.8 Å². The Labute approximate surface area is 184 Å². The van der Waals surface area contributed by atoms with E-state index in [9.17, 15) is 9.90 Å². The number of fused-ring (bicyclic) bond motifs is 4. The monoisotopic (exact) mass is 429 g/mol. The molecular formula is C24H23N5O3. The number of nitrogens with zero attached hydrogens (tertiary/aromatic N) is 4. The Kier molecular flexibility index (Phi) is 4.52. The molecule has 0 spiro atoms. The topological polar surface area (TPSA) is 118 Å². The zero-order valence-corrected chi connectivity index (χ0v) is 17.4. The molecule has 4 heterocycles. The first kappa shape index (κ1) is 19.2. The quantitative estimate of drug-likeness (QED) is 0.484. The lowest BCUT2D eigenvalue weighted by atomic mass is 9.57. The van der Waals surface area contributed by atoms with Crippen molar-refractivity contribution < 1.29 is 14.3 Å². The first-order valence-electron chi connectivity index (χ1n) is 11.1. The van der Waals surface area contributed by atoms with Gasteiger partial charge in [0.2, 0.25) is 0 Å². The van der Waals surface area contributed by atoms with Gasteiger partial charge in [0.15, 0.2) is 5.82 Å². The van der Waals surface area contributed by atoms with Gasteiger partial charge in [-0.2, -0.15) is 0 Å². The Hall–Kier alpha value is -3.55. The van der Waals surface area contributed by atoms with Crippen LogP contribution >= 0.6 is 0 Å². The number of aromatic amines is 1. The van der Waals surface area contributed by atoms with Gasteiger partial charge >= 0.3 is 5.97 Å². The van der Waals surface area contributed by atoms with E-state index in [1.54, 1.807) is 18.7 Å². The first-order chi connectivity index (χ1) is 15.7. The Morgan fingerprint density at radius 2 is 2.03 bits per heavy atom. The predicted molar refractivity (Wildman–Crippen MR) is 116 cm³/mol. The van der Waals surface area contributed by atoms with Crippen LogP contribution in [0.2, 0.25) is 0 Å². The van der Waals surface area contributed by atoms with Crippen molar-refractivity contribution in [2.45, 2.75) is 32.1 Å². The van der Waals surface area contributed by atoms with Crippen LogP contribution in [0.15, 0.2) is 47.8 Å². The highest BCUT2D eigenvalue weighted by atomic mass is 16.4. The maximum Gasteiger partial charge on any atom is 0.307 e. The highest BCUT2D eigenvalue weighted by Gasteiger charge is 2.47. The van der Waals surface area contributed by atoms with Crippen LogP contribution in [0.5, 0.6) is 0 Å². The number of furan rings is 1. The second-order valence-corrected chi connectivity index (χ2v) is 8.97. The minimum Gasteiger partial charge on any atom is -0.481 e. The van der Waals surface area contributed by atoms with Crippen LogP contribution in [0.4, 0.5) is 0 Å². The number of hydrogen-bond acceptors (Lipinski definition) is 6. The van der Waals surface area contributed by atoms with Gasteiger partial charge in [-0.1, -0.05) is 0 Å². The van der Waals surface area contributed by atoms with Gasteiger partial charge in [0.05, 0.1) is 24.1 Å². The van der Waals surface area contributed by atoms with E-state index in [0.717, 1.165) is 59.2 Å². The van der Waals surface area contributed by atoms with Crippen molar-refractivity contribution in [3.8, 4) is 22.6 Å². The van der Waals surface area contributed by atoms with Crippen LogP contribution < -0.4 is 0 Å². The summed E-state index contributed by atoms with van der Waals surface area (Å²) in [5, 5.41) is 10.8. The van der Waals surface area contributed by atoms with Crippen LogP contribution in [0.1, 0.15) is 31.4 Å². The highest BCUT2D eigenvalue weighted by Crippen LogP contribution is 2.50. The van der Waals surface area contributed by atoms with Crippen LogP contribution in [0, 0.1) is 23.7 Å². The third-order valence-electron chi connectivity index (χ3n) is 7.31. The molecule has 0 aliphatic heterocycles. The molecule has 162 valence electrons. The molecule has 2 unspecified atom stereocenters. The zero-order valence-electron chi connectivity index (χ0n) is 17.4. The fourth-order valence-corrected chi connectivity index (χ4v) is 5.82. The predicted octanol–water partition coefficient (Wildman–Crippen LogP) is 4.35. The zero-order chi connectivity index (χ0) is 21.7. The molecule has 0 radical (unpaired) electrons. The molecule has 3 aliphatic rings. The number of rotatable bonds is 5. The largest absolute Gasteiger partial charge is 0.481 e. The number of aliphatic carboxylic acids is 1. The van der Waals surface area contributed by atoms with Crippen LogP contribution in [-0.4, -0.2) is 36.0 Å². The molecule has 2 bridgehead atoms. The van der Waals surface area contributed by atoms with Crippen molar-refractivity contribution in [3.63, 3.8) is 0 Å². The van der Waals surface area contributed by atoms with Crippen molar-refractivity contribution >= 4 is 17.0 Å². The van der Waals surface area contributed by atoms with E-state index < -0.39 is 5.97 Å². The smallest absolute Gasteiger partial charge is 0.307 e. The molecule has 7 rings (SSSR count). The molecule has 2 N–H and O–H groups in total. The number of aromatic nitrogens is 5. The molecule has 8 heteroatoms. The summed E-state index contributed by atoms with van der Waals surface area (Å²) in [4.78, 5) is 33.4. The first-order valence-corrected chi connectivity index (χ1v) is 11.1. The van der Waals surface area contributed by atoms with E-state index in [2.05, 4.69) is 15.0 Å². The van der Waals surface area contributed by atoms with E-state index in [1.165, 1.54) is 6.33 Å². The van der Waals surface area contributed by atoms with E-state index in [0.29, 0.717) is 18.2 Å². The van der Waals surface area contributed by atoms with Gasteiger partial charge in [-0.3, -0.25) is 4.79 Å². The molecule has 3 aliphatic carbocycles. The second kappa shape index (κ2) is 7.55. The molecule has 0 aromatic carbocycles. The lowest BCUT2D eigenvalue weighted by Crippen LogP contribution is -2.45.